The Morgan fingerprint density at radius 1 is 1.10 bits per heavy atom. The number of hydrogen-bond donors (Lipinski definition) is 1. The minimum Gasteiger partial charge on any atom is -0.478 e. The molecule has 1 amide bonds. The highest BCUT2D eigenvalue weighted by Crippen LogP contribution is 2.08. The van der Waals surface area contributed by atoms with Crippen molar-refractivity contribution in [1.82, 2.24) is 9.88 Å². The second kappa shape index (κ2) is 6.65. The van der Waals surface area contributed by atoms with Crippen LogP contribution in [0.1, 0.15) is 26.4 Å². The van der Waals surface area contributed by atoms with E-state index in [9.17, 15) is 9.59 Å². The average Bonchev–Trinajstić information content (AvgIpc) is 2.53. The fourth-order valence-electron chi connectivity index (χ4n) is 1.91. The summed E-state index contributed by atoms with van der Waals surface area (Å²) in [6, 6.07) is 11.6. The number of rotatable bonds is 5. The fraction of sp³-hybridized carbons (Fsp3) is 0.188. The Labute approximate surface area is 122 Å². The molecule has 0 spiro atoms. The van der Waals surface area contributed by atoms with Crippen LogP contribution in [0.5, 0.6) is 0 Å². The van der Waals surface area contributed by atoms with Crippen molar-refractivity contribution in [2.24, 2.45) is 0 Å². The first-order valence-corrected chi connectivity index (χ1v) is 6.56. The Morgan fingerprint density at radius 2 is 1.76 bits per heavy atom. The van der Waals surface area contributed by atoms with Gasteiger partial charge in [0, 0.05) is 37.5 Å². The van der Waals surface area contributed by atoms with Crippen LogP contribution in [0.25, 0.3) is 0 Å². The van der Waals surface area contributed by atoms with Crippen LogP contribution >= 0.6 is 0 Å². The predicted octanol–water partition coefficient (Wildman–Crippen LogP) is 2.09. The van der Waals surface area contributed by atoms with E-state index < -0.39 is 5.97 Å². The molecule has 1 aromatic carbocycles. The number of carbonyl (C=O) groups is 2. The topological polar surface area (TPSA) is 70.5 Å². The summed E-state index contributed by atoms with van der Waals surface area (Å²) in [5.74, 6) is -1.14. The Bertz CT molecular complexity index is 624. The summed E-state index contributed by atoms with van der Waals surface area (Å²) in [6.45, 7) is 0.552. The molecule has 1 N–H and O–H groups in total. The van der Waals surface area contributed by atoms with Crippen molar-refractivity contribution in [2.75, 3.05) is 13.6 Å². The first kappa shape index (κ1) is 14.7. The smallest absolute Gasteiger partial charge is 0.335 e. The lowest BCUT2D eigenvalue weighted by molar-refractivity contribution is 0.0695. The van der Waals surface area contributed by atoms with E-state index in [1.165, 1.54) is 24.3 Å². The highest BCUT2D eigenvalue weighted by Gasteiger charge is 2.12. The van der Waals surface area contributed by atoms with E-state index in [0.29, 0.717) is 18.5 Å². The molecule has 0 atom stereocenters. The maximum Gasteiger partial charge on any atom is 0.335 e. The lowest BCUT2D eigenvalue weighted by Crippen LogP contribution is -2.29. The molecule has 108 valence electrons. The zero-order valence-corrected chi connectivity index (χ0v) is 11.7. The molecule has 0 aliphatic heterocycles. The molecule has 1 heterocycles. The predicted molar refractivity (Wildman–Crippen MR) is 78.3 cm³/mol. The Balaban J connectivity index is 1.97. The first-order valence-electron chi connectivity index (χ1n) is 6.56. The van der Waals surface area contributed by atoms with E-state index >= 15 is 0 Å². The number of pyridine rings is 1. The van der Waals surface area contributed by atoms with Crippen molar-refractivity contribution in [1.29, 1.82) is 0 Å². The van der Waals surface area contributed by atoms with E-state index in [1.807, 2.05) is 18.2 Å². The largest absolute Gasteiger partial charge is 0.478 e. The SMILES string of the molecule is CN(CCc1ccccn1)C(=O)c1ccc(C(=O)O)cc1. The highest BCUT2D eigenvalue weighted by molar-refractivity contribution is 5.95. The molecule has 0 aliphatic rings. The fourth-order valence-corrected chi connectivity index (χ4v) is 1.91. The van der Waals surface area contributed by atoms with Gasteiger partial charge in [-0.2, -0.15) is 0 Å². The van der Waals surface area contributed by atoms with E-state index in [0.717, 1.165) is 5.69 Å². The maximum absolute atomic E-state index is 12.2. The van der Waals surface area contributed by atoms with Gasteiger partial charge >= 0.3 is 5.97 Å². The van der Waals surface area contributed by atoms with Crippen molar-refractivity contribution in [3.63, 3.8) is 0 Å². The van der Waals surface area contributed by atoms with E-state index in [-0.39, 0.29) is 11.5 Å². The van der Waals surface area contributed by atoms with Crippen molar-refractivity contribution in [2.45, 2.75) is 6.42 Å². The van der Waals surface area contributed by atoms with Gasteiger partial charge in [0.15, 0.2) is 0 Å². The summed E-state index contributed by atoms with van der Waals surface area (Å²) in [6.07, 6.45) is 2.40. The van der Waals surface area contributed by atoms with Crippen LogP contribution in [0.15, 0.2) is 48.7 Å². The molecule has 0 fully saturated rings. The summed E-state index contributed by atoms with van der Waals surface area (Å²) in [7, 11) is 1.72. The van der Waals surface area contributed by atoms with Crippen LogP contribution in [0.3, 0.4) is 0 Å². The summed E-state index contributed by atoms with van der Waals surface area (Å²) in [5.41, 5.74) is 1.57. The molecule has 0 unspecified atom stereocenters. The van der Waals surface area contributed by atoms with Gasteiger partial charge in [0.2, 0.25) is 0 Å². The average molecular weight is 284 g/mol. The highest BCUT2D eigenvalue weighted by atomic mass is 16.4. The van der Waals surface area contributed by atoms with Crippen LogP contribution in [0.2, 0.25) is 0 Å². The van der Waals surface area contributed by atoms with Crippen LogP contribution in [-0.4, -0.2) is 40.5 Å². The molecule has 21 heavy (non-hydrogen) atoms. The molecule has 2 rings (SSSR count). The van der Waals surface area contributed by atoms with Crippen LogP contribution in [0.4, 0.5) is 0 Å². The molecule has 0 bridgehead atoms. The number of likely N-dealkylation sites (N-methyl/N-ethyl adjacent to an activating group) is 1. The number of amides is 1. The van der Waals surface area contributed by atoms with Gasteiger partial charge < -0.3 is 10.0 Å². The second-order valence-electron chi connectivity index (χ2n) is 4.68. The standard InChI is InChI=1S/C16H16N2O3/c1-18(11-9-14-4-2-3-10-17-14)15(19)12-5-7-13(8-6-12)16(20)21/h2-8,10H,9,11H2,1H3,(H,20,21). The van der Waals surface area contributed by atoms with E-state index in [1.54, 1.807) is 18.1 Å². The van der Waals surface area contributed by atoms with Gasteiger partial charge in [-0.25, -0.2) is 4.79 Å². The molecule has 2 aromatic rings. The normalized spacial score (nSPS) is 10.1. The molecule has 0 radical (unpaired) electrons. The molecule has 0 saturated carbocycles. The number of benzene rings is 1. The van der Waals surface area contributed by atoms with Crippen LogP contribution < -0.4 is 0 Å². The van der Waals surface area contributed by atoms with Gasteiger partial charge in [-0.05, 0) is 36.4 Å². The summed E-state index contributed by atoms with van der Waals surface area (Å²) >= 11 is 0. The van der Waals surface area contributed by atoms with Crippen molar-refractivity contribution in [3.8, 4) is 0 Å². The molecule has 0 saturated heterocycles. The van der Waals surface area contributed by atoms with E-state index in [2.05, 4.69) is 4.98 Å². The van der Waals surface area contributed by atoms with Crippen molar-refractivity contribution >= 4 is 11.9 Å². The monoisotopic (exact) mass is 284 g/mol. The number of aromatic nitrogens is 1. The van der Waals surface area contributed by atoms with Crippen molar-refractivity contribution < 1.29 is 14.7 Å². The third kappa shape index (κ3) is 3.89. The molecule has 5 nitrogen and oxygen atoms in total. The Kier molecular flexibility index (Phi) is 4.66. The van der Waals surface area contributed by atoms with Gasteiger partial charge in [-0.15, -0.1) is 0 Å². The third-order valence-electron chi connectivity index (χ3n) is 3.16. The van der Waals surface area contributed by atoms with Gasteiger partial charge in [0.1, 0.15) is 0 Å². The minimum absolute atomic E-state index is 0.136. The molecule has 5 heteroatoms. The summed E-state index contributed by atoms with van der Waals surface area (Å²) in [4.78, 5) is 28.8. The lowest BCUT2D eigenvalue weighted by Gasteiger charge is -2.17. The number of carboxylic acid groups (broad SMARTS) is 1. The van der Waals surface area contributed by atoms with Crippen LogP contribution in [0, 0.1) is 0 Å². The number of carboxylic acids is 1. The van der Waals surface area contributed by atoms with E-state index in [4.69, 9.17) is 5.11 Å². The number of carbonyl (C=O) groups excluding carboxylic acids is 1. The lowest BCUT2D eigenvalue weighted by atomic mass is 10.1. The van der Waals surface area contributed by atoms with Gasteiger partial charge in [0.05, 0.1) is 5.56 Å². The zero-order chi connectivity index (χ0) is 15.2. The first-order chi connectivity index (χ1) is 10.1. The second-order valence-corrected chi connectivity index (χ2v) is 4.68. The molecule has 0 aliphatic carbocycles. The quantitative estimate of drug-likeness (QED) is 0.912. The molecular formula is C16H16N2O3. The van der Waals surface area contributed by atoms with Crippen LogP contribution in [-0.2, 0) is 6.42 Å². The maximum atomic E-state index is 12.2. The molecular weight excluding hydrogens is 268 g/mol. The van der Waals surface area contributed by atoms with Gasteiger partial charge in [-0.1, -0.05) is 6.07 Å². The zero-order valence-electron chi connectivity index (χ0n) is 11.7. The Morgan fingerprint density at radius 3 is 2.33 bits per heavy atom. The summed E-state index contributed by atoms with van der Waals surface area (Å²) < 4.78 is 0. The van der Waals surface area contributed by atoms with Gasteiger partial charge in [0.25, 0.3) is 5.91 Å². The number of hydrogen-bond acceptors (Lipinski definition) is 3. The van der Waals surface area contributed by atoms with Gasteiger partial charge in [-0.3, -0.25) is 9.78 Å². The Hall–Kier alpha value is -2.69. The number of nitrogens with zero attached hydrogens (tertiary/aromatic N) is 2. The molecule has 1 aromatic heterocycles. The third-order valence-corrected chi connectivity index (χ3v) is 3.16. The summed E-state index contributed by atoms with van der Waals surface area (Å²) in [5, 5.41) is 8.83. The number of aromatic carboxylic acids is 1. The van der Waals surface area contributed by atoms with Crippen molar-refractivity contribution in [3.05, 3.63) is 65.5 Å². The minimum atomic E-state index is -1.00.